The van der Waals surface area contributed by atoms with Gasteiger partial charge in [0.05, 0.1) is 12.6 Å². The molecule has 0 spiro atoms. The van der Waals surface area contributed by atoms with Crippen molar-refractivity contribution in [2.75, 3.05) is 6.61 Å². The second kappa shape index (κ2) is 7.09. The minimum Gasteiger partial charge on any atom is -0.479 e. The molecule has 0 aromatic rings. The lowest BCUT2D eigenvalue weighted by Crippen LogP contribution is -2.63. The van der Waals surface area contributed by atoms with Gasteiger partial charge in [0.25, 0.3) is 0 Å². The van der Waals surface area contributed by atoms with Gasteiger partial charge >= 0.3 is 13.8 Å². The number of nitrogens with two attached hydrogens (primary N) is 1. The largest absolute Gasteiger partial charge is 0.479 e. The SMILES string of the molecule is C[C@@H](O[C@H]1[C@H](O)[C@@H](COP(=O)(O)O)OC(O)[C@@H]1N)C(=O)O. The van der Waals surface area contributed by atoms with Crippen LogP contribution in [0.3, 0.4) is 0 Å². The van der Waals surface area contributed by atoms with E-state index in [-0.39, 0.29) is 0 Å². The highest BCUT2D eigenvalue weighted by molar-refractivity contribution is 7.46. The molecule has 1 saturated heterocycles. The van der Waals surface area contributed by atoms with Crippen LogP contribution in [0.4, 0.5) is 0 Å². The number of aliphatic hydroxyl groups excluding tert-OH is 2. The standard InChI is InChI=1S/C9H18NO10P/c1-3(8(12)13)19-7-5(10)9(14)20-4(6(7)11)2-18-21(15,16)17/h3-7,9,11,14H,2,10H2,1H3,(H,12,13)(H2,15,16,17)/t3-,4-,5-,6-,7-,9?/m1/s1. The molecule has 1 unspecified atom stereocenters. The van der Waals surface area contributed by atoms with Crippen molar-refractivity contribution in [3.63, 3.8) is 0 Å². The average molecular weight is 331 g/mol. The summed E-state index contributed by atoms with van der Waals surface area (Å²) in [7, 11) is -4.80. The zero-order valence-electron chi connectivity index (χ0n) is 11.0. The second-order valence-corrected chi connectivity index (χ2v) is 5.74. The van der Waals surface area contributed by atoms with E-state index in [9.17, 15) is 19.6 Å². The summed E-state index contributed by atoms with van der Waals surface area (Å²) in [5, 5.41) is 28.3. The first-order chi connectivity index (χ1) is 9.53. The Morgan fingerprint density at radius 3 is 2.48 bits per heavy atom. The van der Waals surface area contributed by atoms with E-state index in [0.29, 0.717) is 0 Å². The number of aliphatic carboxylic acids is 1. The van der Waals surface area contributed by atoms with E-state index in [0.717, 1.165) is 0 Å². The molecule has 11 nitrogen and oxygen atoms in total. The summed E-state index contributed by atoms with van der Waals surface area (Å²) < 4.78 is 24.7. The van der Waals surface area contributed by atoms with Crippen LogP contribution < -0.4 is 5.73 Å². The van der Waals surface area contributed by atoms with E-state index in [4.69, 9.17) is 30.1 Å². The summed E-state index contributed by atoms with van der Waals surface area (Å²) in [4.78, 5) is 27.9. The highest BCUT2D eigenvalue weighted by atomic mass is 31.2. The number of carboxylic acid groups (broad SMARTS) is 1. The summed E-state index contributed by atoms with van der Waals surface area (Å²) in [6, 6.07) is -1.24. The third kappa shape index (κ3) is 5.25. The number of aliphatic hydroxyl groups is 2. The molecule has 21 heavy (non-hydrogen) atoms. The number of hydrogen-bond acceptors (Lipinski definition) is 8. The van der Waals surface area contributed by atoms with Crippen LogP contribution in [0.25, 0.3) is 0 Å². The number of carboxylic acids is 1. The fraction of sp³-hybridized carbons (Fsp3) is 0.889. The predicted molar refractivity (Wildman–Crippen MR) is 64.8 cm³/mol. The summed E-state index contributed by atoms with van der Waals surface area (Å²) >= 11 is 0. The van der Waals surface area contributed by atoms with Crippen molar-refractivity contribution in [1.82, 2.24) is 0 Å². The molecule has 7 N–H and O–H groups in total. The predicted octanol–water partition coefficient (Wildman–Crippen LogP) is -2.64. The van der Waals surface area contributed by atoms with E-state index in [2.05, 4.69) is 4.52 Å². The van der Waals surface area contributed by atoms with E-state index < -0.39 is 57.1 Å². The zero-order chi connectivity index (χ0) is 16.4. The maximum atomic E-state index is 10.7. The minimum atomic E-state index is -4.80. The Hall–Kier alpha value is -0.620. The highest BCUT2D eigenvalue weighted by Gasteiger charge is 2.45. The molecular weight excluding hydrogens is 313 g/mol. The van der Waals surface area contributed by atoms with Crippen molar-refractivity contribution in [1.29, 1.82) is 0 Å². The van der Waals surface area contributed by atoms with Crippen LogP contribution in [-0.2, 0) is 23.4 Å². The van der Waals surface area contributed by atoms with Gasteiger partial charge in [0, 0.05) is 0 Å². The molecule has 12 heteroatoms. The van der Waals surface area contributed by atoms with Gasteiger partial charge in [-0.3, -0.25) is 4.52 Å². The molecule has 6 atom stereocenters. The van der Waals surface area contributed by atoms with Crippen LogP contribution in [0.5, 0.6) is 0 Å². The molecule has 0 radical (unpaired) electrons. The van der Waals surface area contributed by atoms with Gasteiger partial charge < -0.3 is 40.3 Å². The first-order valence-electron chi connectivity index (χ1n) is 5.88. The Labute approximate surface area is 119 Å². The van der Waals surface area contributed by atoms with E-state index in [1.54, 1.807) is 0 Å². The quantitative estimate of drug-likeness (QED) is 0.279. The van der Waals surface area contributed by atoms with Crippen LogP contribution in [0.15, 0.2) is 0 Å². The Morgan fingerprint density at radius 1 is 1.43 bits per heavy atom. The first-order valence-corrected chi connectivity index (χ1v) is 7.41. The monoisotopic (exact) mass is 331 g/mol. The molecule has 0 aromatic heterocycles. The molecule has 0 aliphatic carbocycles. The van der Waals surface area contributed by atoms with Crippen molar-refractivity contribution in [2.45, 2.75) is 43.7 Å². The van der Waals surface area contributed by atoms with Gasteiger partial charge in [0.15, 0.2) is 12.4 Å². The third-order valence-corrected chi connectivity index (χ3v) is 3.34. The number of carbonyl (C=O) groups is 1. The fourth-order valence-electron chi connectivity index (χ4n) is 1.73. The summed E-state index contributed by atoms with van der Waals surface area (Å²) in [5.74, 6) is -1.31. The Morgan fingerprint density at radius 2 is 2.00 bits per heavy atom. The van der Waals surface area contributed by atoms with Gasteiger partial charge in [-0.05, 0) is 6.92 Å². The molecular formula is C9H18NO10P. The van der Waals surface area contributed by atoms with Crippen LogP contribution >= 0.6 is 7.82 Å². The summed E-state index contributed by atoms with van der Waals surface area (Å²) in [6.07, 6.45) is -7.14. The molecule has 0 amide bonds. The highest BCUT2D eigenvalue weighted by Crippen LogP contribution is 2.37. The molecule has 1 aliphatic heterocycles. The van der Waals surface area contributed by atoms with Gasteiger partial charge in [-0.25, -0.2) is 9.36 Å². The molecule has 1 aliphatic rings. The molecule has 1 rings (SSSR count). The van der Waals surface area contributed by atoms with Crippen molar-refractivity contribution in [2.24, 2.45) is 5.73 Å². The average Bonchev–Trinajstić information content (AvgIpc) is 2.35. The van der Waals surface area contributed by atoms with Gasteiger partial charge in [-0.15, -0.1) is 0 Å². The molecule has 0 bridgehead atoms. The van der Waals surface area contributed by atoms with Gasteiger partial charge in [0.1, 0.15) is 18.3 Å². The maximum absolute atomic E-state index is 10.7. The number of phosphoric ester groups is 1. The smallest absolute Gasteiger partial charge is 0.469 e. The minimum absolute atomic E-state index is 0.740. The van der Waals surface area contributed by atoms with Crippen molar-refractivity contribution in [3.8, 4) is 0 Å². The topological polar surface area (TPSA) is 189 Å². The van der Waals surface area contributed by atoms with Crippen LogP contribution in [0.2, 0.25) is 0 Å². The Bertz CT molecular complexity index is 413. The van der Waals surface area contributed by atoms with Crippen molar-refractivity contribution < 1.29 is 48.5 Å². The van der Waals surface area contributed by atoms with E-state index in [1.165, 1.54) is 6.92 Å². The molecule has 0 saturated carbocycles. The summed E-state index contributed by atoms with van der Waals surface area (Å²) in [5.41, 5.74) is 5.56. The fourth-order valence-corrected chi connectivity index (χ4v) is 2.07. The lowest BCUT2D eigenvalue weighted by molar-refractivity contribution is -0.261. The second-order valence-electron chi connectivity index (χ2n) is 4.50. The normalized spacial score (nSPS) is 35.4. The maximum Gasteiger partial charge on any atom is 0.469 e. The summed E-state index contributed by atoms with van der Waals surface area (Å²) in [6.45, 7) is 0.460. The lowest BCUT2D eigenvalue weighted by atomic mass is 9.97. The van der Waals surface area contributed by atoms with Crippen LogP contribution in [-0.4, -0.2) is 74.4 Å². The van der Waals surface area contributed by atoms with E-state index in [1.807, 2.05) is 0 Å². The Kier molecular flexibility index (Phi) is 6.23. The third-order valence-electron chi connectivity index (χ3n) is 2.86. The number of rotatable bonds is 6. The number of hydrogen-bond donors (Lipinski definition) is 6. The molecule has 0 aromatic carbocycles. The lowest BCUT2D eigenvalue weighted by Gasteiger charge is -2.41. The van der Waals surface area contributed by atoms with Gasteiger partial charge in [0.2, 0.25) is 0 Å². The van der Waals surface area contributed by atoms with Gasteiger partial charge in [-0.2, -0.15) is 0 Å². The zero-order valence-corrected chi connectivity index (χ0v) is 11.9. The first kappa shape index (κ1) is 18.4. The van der Waals surface area contributed by atoms with E-state index >= 15 is 0 Å². The van der Waals surface area contributed by atoms with Gasteiger partial charge in [-0.1, -0.05) is 0 Å². The molecule has 1 heterocycles. The van der Waals surface area contributed by atoms with Crippen LogP contribution in [0.1, 0.15) is 6.92 Å². The molecule has 1 fully saturated rings. The van der Waals surface area contributed by atoms with Crippen molar-refractivity contribution in [3.05, 3.63) is 0 Å². The molecule has 124 valence electrons. The number of phosphoric acid groups is 1. The van der Waals surface area contributed by atoms with Crippen molar-refractivity contribution >= 4 is 13.8 Å². The van der Waals surface area contributed by atoms with Crippen LogP contribution in [0, 0.1) is 0 Å². The number of ether oxygens (including phenoxy) is 2. The Balaban J connectivity index is 2.76.